The van der Waals surface area contributed by atoms with Gasteiger partial charge in [-0.1, -0.05) is 31.0 Å². The summed E-state index contributed by atoms with van der Waals surface area (Å²) in [6.45, 7) is 1.84. The third kappa shape index (κ3) is 4.14. The van der Waals surface area contributed by atoms with Crippen LogP contribution in [0.3, 0.4) is 0 Å². The van der Waals surface area contributed by atoms with Crippen LogP contribution in [0.4, 0.5) is 0 Å². The maximum Gasteiger partial charge on any atom is 0.338 e. The Kier molecular flexibility index (Phi) is 6.10. The normalized spacial score (nSPS) is 22.1. The molecule has 1 aliphatic carbocycles. The van der Waals surface area contributed by atoms with Crippen LogP contribution in [-0.4, -0.2) is 35.1 Å². The fourth-order valence-electron chi connectivity index (χ4n) is 4.18. The average molecular weight is 432 g/mol. The summed E-state index contributed by atoms with van der Waals surface area (Å²) < 4.78 is 5.06. The molecule has 29 heavy (non-hydrogen) atoms. The fourth-order valence-corrected chi connectivity index (χ4v) is 5.82. The molecule has 0 unspecified atom stereocenters. The number of thiophene rings is 1. The molecule has 1 aromatic heterocycles. The van der Waals surface area contributed by atoms with Crippen LogP contribution >= 0.6 is 23.1 Å². The van der Waals surface area contributed by atoms with Crippen LogP contribution in [0.25, 0.3) is 0 Å². The van der Waals surface area contributed by atoms with E-state index in [-0.39, 0.29) is 30.4 Å². The first-order chi connectivity index (χ1) is 14.1. The van der Waals surface area contributed by atoms with Crippen molar-refractivity contribution in [2.24, 2.45) is 4.99 Å². The van der Waals surface area contributed by atoms with Crippen LogP contribution in [0, 0.1) is 0 Å². The van der Waals surface area contributed by atoms with Crippen molar-refractivity contribution in [3.05, 3.63) is 44.8 Å². The van der Waals surface area contributed by atoms with Gasteiger partial charge in [0.2, 0.25) is 5.91 Å². The van der Waals surface area contributed by atoms with Gasteiger partial charge in [0.1, 0.15) is 0 Å². The molecule has 0 aromatic carbocycles. The van der Waals surface area contributed by atoms with Gasteiger partial charge < -0.3 is 15.0 Å². The van der Waals surface area contributed by atoms with Crippen LogP contribution in [-0.2, 0) is 14.3 Å². The Morgan fingerprint density at radius 1 is 1.31 bits per heavy atom. The number of nitrogens with zero attached hydrogens (tertiary/aromatic N) is 2. The first-order valence-corrected chi connectivity index (χ1v) is 11.7. The van der Waals surface area contributed by atoms with Crippen molar-refractivity contribution in [2.45, 2.75) is 57.5 Å². The second kappa shape index (κ2) is 8.75. The lowest BCUT2D eigenvalue weighted by atomic mass is 9.95. The Morgan fingerprint density at radius 3 is 2.79 bits per heavy atom. The second-order valence-corrected chi connectivity index (χ2v) is 9.14. The lowest BCUT2D eigenvalue weighted by Gasteiger charge is -2.35. The van der Waals surface area contributed by atoms with Gasteiger partial charge in [0.05, 0.1) is 30.8 Å². The number of fused-ring (bicyclic) bond motifs is 1. The molecule has 1 amide bonds. The van der Waals surface area contributed by atoms with Crippen molar-refractivity contribution in [1.29, 1.82) is 0 Å². The molecule has 8 heteroatoms. The van der Waals surface area contributed by atoms with Crippen LogP contribution in [0.5, 0.6) is 0 Å². The minimum Gasteiger partial charge on any atom is -0.466 e. The maximum atomic E-state index is 12.7. The number of hydrogen-bond acceptors (Lipinski definition) is 7. The highest BCUT2D eigenvalue weighted by Crippen LogP contribution is 2.45. The Bertz CT molecular complexity index is 883. The molecule has 0 spiro atoms. The fraction of sp³-hybridized carbons (Fsp3) is 0.476. The monoisotopic (exact) mass is 431 g/mol. The van der Waals surface area contributed by atoms with Crippen molar-refractivity contribution < 1.29 is 14.3 Å². The van der Waals surface area contributed by atoms with Gasteiger partial charge >= 0.3 is 5.97 Å². The van der Waals surface area contributed by atoms with Crippen molar-refractivity contribution in [1.82, 2.24) is 10.2 Å². The summed E-state index contributed by atoms with van der Waals surface area (Å²) in [6, 6.07) is 1.96. The zero-order valence-corrected chi connectivity index (χ0v) is 18.3. The Hall–Kier alpha value is -2.06. The molecule has 1 fully saturated rings. The lowest BCUT2D eigenvalue weighted by Crippen LogP contribution is -2.40. The Morgan fingerprint density at radius 2 is 2.10 bits per heavy atom. The highest BCUT2D eigenvalue weighted by atomic mass is 32.2. The number of ether oxygens (including phenoxy) is 1. The van der Waals surface area contributed by atoms with Gasteiger partial charge in [0.15, 0.2) is 5.17 Å². The Balaban J connectivity index is 1.58. The van der Waals surface area contributed by atoms with E-state index in [1.807, 2.05) is 34.1 Å². The summed E-state index contributed by atoms with van der Waals surface area (Å²) in [4.78, 5) is 32.0. The predicted molar refractivity (Wildman–Crippen MR) is 116 cm³/mol. The molecule has 3 heterocycles. The third-order valence-corrected chi connectivity index (χ3v) is 7.17. The molecule has 0 saturated heterocycles. The van der Waals surface area contributed by atoms with Crippen LogP contribution in [0.1, 0.15) is 57.1 Å². The van der Waals surface area contributed by atoms with Gasteiger partial charge in [-0.15, -0.1) is 0 Å². The summed E-state index contributed by atoms with van der Waals surface area (Å²) in [6.07, 6.45) is 6.00. The van der Waals surface area contributed by atoms with E-state index in [4.69, 9.17) is 4.74 Å². The Labute approximate surface area is 179 Å². The number of thioether (sulfide) groups is 1. The number of aliphatic imine (C=N–C) groups is 1. The van der Waals surface area contributed by atoms with Crippen LogP contribution in [0.2, 0.25) is 0 Å². The topological polar surface area (TPSA) is 71.0 Å². The van der Waals surface area contributed by atoms with Gasteiger partial charge in [0.25, 0.3) is 0 Å². The van der Waals surface area contributed by atoms with Gasteiger partial charge in [-0.25, -0.2) is 9.79 Å². The number of esters is 1. The zero-order valence-electron chi connectivity index (χ0n) is 16.6. The van der Waals surface area contributed by atoms with E-state index in [0.29, 0.717) is 11.3 Å². The summed E-state index contributed by atoms with van der Waals surface area (Å²) in [7, 11) is 1.39. The molecule has 3 aliphatic rings. The van der Waals surface area contributed by atoms with Crippen molar-refractivity contribution in [3.63, 3.8) is 0 Å². The minimum absolute atomic E-state index is 0.0277. The molecular weight excluding hydrogens is 406 g/mol. The molecule has 1 saturated carbocycles. The van der Waals surface area contributed by atoms with Gasteiger partial charge in [0, 0.05) is 11.7 Å². The second-order valence-electron chi connectivity index (χ2n) is 7.52. The number of amides is 1. The third-order valence-electron chi connectivity index (χ3n) is 5.58. The lowest BCUT2D eigenvalue weighted by molar-refractivity contribution is -0.136. The molecule has 4 rings (SSSR count). The molecule has 1 atom stereocenters. The number of rotatable bonds is 5. The molecule has 1 N–H and O–H groups in total. The maximum absolute atomic E-state index is 12.7. The average Bonchev–Trinajstić information content (AvgIpc) is 3.38. The largest absolute Gasteiger partial charge is 0.466 e. The number of amidine groups is 1. The predicted octanol–water partition coefficient (Wildman–Crippen LogP) is 4.34. The smallest absolute Gasteiger partial charge is 0.338 e. The molecule has 6 nitrogen and oxygen atoms in total. The number of hydrogen-bond donors (Lipinski definition) is 1. The number of allylic oxidation sites excluding steroid dienone is 1. The van der Waals surface area contributed by atoms with Crippen LogP contribution in [0.15, 0.2) is 44.2 Å². The van der Waals surface area contributed by atoms with E-state index < -0.39 is 0 Å². The standard InChI is InChI=1S/C21H25N3O3S2/c1-13-18(20(26)27-2)19(14-8-9-28-11-14)24-16(12-29-21(24)22-13)10-17(25)23-15-6-4-3-5-7-15/h8-9,11-12,15,19H,3-7,10H2,1-2H3,(H,23,25)/t19-/m1/s1. The van der Waals surface area contributed by atoms with E-state index in [1.165, 1.54) is 38.1 Å². The molecule has 2 aliphatic heterocycles. The molecular formula is C21H25N3O3S2. The van der Waals surface area contributed by atoms with E-state index in [0.717, 1.165) is 29.3 Å². The SMILES string of the molecule is COC(=O)C1=C(C)N=C2SC=C(CC(=O)NC3CCCCC3)N2[C@@H]1c1ccsc1. The van der Waals surface area contributed by atoms with Gasteiger partial charge in [-0.2, -0.15) is 11.3 Å². The van der Waals surface area contributed by atoms with Crippen LogP contribution < -0.4 is 5.32 Å². The first-order valence-electron chi connectivity index (χ1n) is 9.92. The van der Waals surface area contributed by atoms with Gasteiger partial charge in [-0.05, 0) is 47.6 Å². The van der Waals surface area contributed by atoms with Crippen molar-refractivity contribution in [2.75, 3.05) is 7.11 Å². The minimum atomic E-state index is -0.385. The van der Waals surface area contributed by atoms with E-state index >= 15 is 0 Å². The summed E-state index contributed by atoms with van der Waals surface area (Å²) in [5.74, 6) is -0.357. The summed E-state index contributed by atoms with van der Waals surface area (Å²) >= 11 is 3.08. The number of carbonyl (C=O) groups excluding carboxylic acids is 2. The number of carbonyl (C=O) groups is 2. The molecule has 0 bridgehead atoms. The van der Waals surface area contributed by atoms with Crippen molar-refractivity contribution in [3.8, 4) is 0 Å². The highest BCUT2D eigenvalue weighted by molar-refractivity contribution is 8.16. The number of nitrogens with one attached hydrogen (secondary N) is 1. The summed E-state index contributed by atoms with van der Waals surface area (Å²) in [5.41, 5.74) is 3.05. The quantitative estimate of drug-likeness (QED) is 0.703. The van der Waals surface area contributed by atoms with E-state index in [2.05, 4.69) is 10.3 Å². The molecule has 0 radical (unpaired) electrons. The van der Waals surface area contributed by atoms with E-state index in [1.54, 1.807) is 11.3 Å². The van der Waals surface area contributed by atoms with Gasteiger partial charge in [-0.3, -0.25) is 4.79 Å². The first kappa shape index (κ1) is 20.2. The molecule has 1 aromatic rings. The van der Waals surface area contributed by atoms with Crippen molar-refractivity contribution >= 4 is 40.1 Å². The summed E-state index contributed by atoms with van der Waals surface area (Å²) in [5, 5.41) is 9.99. The number of methoxy groups -OCH3 is 1. The highest BCUT2D eigenvalue weighted by Gasteiger charge is 2.41. The van der Waals surface area contributed by atoms with E-state index in [9.17, 15) is 9.59 Å². The molecule has 154 valence electrons. The zero-order chi connectivity index (χ0) is 20.4.